The molecule has 1 N–H and O–H groups in total. The normalized spacial score (nSPS) is 20.4. The summed E-state index contributed by atoms with van der Waals surface area (Å²) in [5, 5.41) is 9.29. The van der Waals surface area contributed by atoms with Gasteiger partial charge in [0.1, 0.15) is 0 Å². The van der Waals surface area contributed by atoms with Crippen molar-refractivity contribution in [3.8, 4) is 0 Å². The SMILES string of the molecule is CCC1(C(=O)O)CCN(CCCCOC)CC1. The summed E-state index contributed by atoms with van der Waals surface area (Å²) in [7, 11) is 1.73. The number of methoxy groups -OCH3 is 1. The molecule has 0 atom stereocenters. The Hall–Kier alpha value is -0.610. The first kappa shape index (κ1) is 14.5. The van der Waals surface area contributed by atoms with Crippen LogP contribution in [0.2, 0.25) is 0 Å². The van der Waals surface area contributed by atoms with Crippen LogP contribution >= 0.6 is 0 Å². The van der Waals surface area contributed by atoms with Gasteiger partial charge in [0.15, 0.2) is 0 Å². The van der Waals surface area contributed by atoms with E-state index in [2.05, 4.69) is 4.90 Å². The van der Waals surface area contributed by atoms with Crippen LogP contribution in [0.1, 0.15) is 39.0 Å². The predicted molar refractivity (Wildman–Crippen MR) is 67.1 cm³/mol. The van der Waals surface area contributed by atoms with Gasteiger partial charge in [-0.15, -0.1) is 0 Å². The summed E-state index contributed by atoms with van der Waals surface area (Å²) in [6, 6.07) is 0. The molecule has 17 heavy (non-hydrogen) atoms. The van der Waals surface area contributed by atoms with Gasteiger partial charge in [0.2, 0.25) is 0 Å². The highest BCUT2D eigenvalue weighted by molar-refractivity contribution is 5.74. The van der Waals surface area contributed by atoms with Crippen LogP contribution in [0.3, 0.4) is 0 Å². The van der Waals surface area contributed by atoms with Crippen LogP contribution in [-0.4, -0.2) is 49.3 Å². The van der Waals surface area contributed by atoms with Gasteiger partial charge in [-0.1, -0.05) is 6.92 Å². The molecule has 1 aliphatic rings. The lowest BCUT2D eigenvalue weighted by Crippen LogP contribution is -2.44. The standard InChI is InChI=1S/C13H25NO3/c1-3-13(12(15)16)6-9-14(10-7-13)8-4-5-11-17-2/h3-11H2,1-2H3,(H,15,16). The van der Waals surface area contributed by atoms with Gasteiger partial charge < -0.3 is 14.7 Å². The Balaban J connectivity index is 2.27. The summed E-state index contributed by atoms with van der Waals surface area (Å²) in [6.45, 7) is 5.73. The van der Waals surface area contributed by atoms with Gasteiger partial charge in [0.05, 0.1) is 5.41 Å². The maximum atomic E-state index is 11.3. The van der Waals surface area contributed by atoms with Crippen molar-refractivity contribution in [3.05, 3.63) is 0 Å². The molecule has 1 fully saturated rings. The molecule has 0 amide bonds. The molecule has 1 rings (SSSR count). The van der Waals surface area contributed by atoms with Crippen molar-refractivity contribution in [2.75, 3.05) is 33.4 Å². The third kappa shape index (κ3) is 3.96. The zero-order valence-corrected chi connectivity index (χ0v) is 11.1. The number of likely N-dealkylation sites (tertiary alicyclic amines) is 1. The minimum atomic E-state index is -0.612. The molecule has 0 bridgehead atoms. The fraction of sp³-hybridized carbons (Fsp3) is 0.923. The molecule has 4 nitrogen and oxygen atoms in total. The van der Waals surface area contributed by atoms with Gasteiger partial charge in [0, 0.05) is 13.7 Å². The molecule has 0 unspecified atom stereocenters. The highest BCUT2D eigenvalue weighted by atomic mass is 16.5. The second-order valence-electron chi connectivity index (χ2n) is 4.98. The molecule has 0 spiro atoms. The van der Waals surface area contributed by atoms with Crippen molar-refractivity contribution < 1.29 is 14.6 Å². The number of unbranched alkanes of at least 4 members (excludes halogenated alkanes) is 1. The Kier molecular flexibility index (Phi) is 5.92. The second-order valence-corrected chi connectivity index (χ2v) is 4.98. The van der Waals surface area contributed by atoms with Gasteiger partial charge in [-0.2, -0.15) is 0 Å². The molecule has 1 aliphatic heterocycles. The first-order valence-corrected chi connectivity index (χ1v) is 6.59. The fourth-order valence-corrected chi connectivity index (χ4v) is 2.51. The van der Waals surface area contributed by atoms with Crippen molar-refractivity contribution in [3.63, 3.8) is 0 Å². The van der Waals surface area contributed by atoms with Crippen LogP contribution in [0.15, 0.2) is 0 Å². The summed E-state index contributed by atoms with van der Waals surface area (Å²) >= 11 is 0. The third-order valence-electron chi connectivity index (χ3n) is 4.02. The molecule has 100 valence electrons. The number of carboxylic acid groups (broad SMARTS) is 1. The molecular formula is C13H25NO3. The van der Waals surface area contributed by atoms with Gasteiger partial charge >= 0.3 is 5.97 Å². The van der Waals surface area contributed by atoms with Crippen LogP contribution in [0, 0.1) is 5.41 Å². The molecule has 4 heteroatoms. The Labute approximate surface area is 104 Å². The number of rotatable bonds is 7. The lowest BCUT2D eigenvalue weighted by molar-refractivity contribution is -0.152. The third-order valence-corrected chi connectivity index (χ3v) is 4.02. The molecule has 0 aromatic carbocycles. The maximum absolute atomic E-state index is 11.3. The number of hydrogen-bond acceptors (Lipinski definition) is 3. The minimum absolute atomic E-state index is 0.455. The van der Waals surface area contributed by atoms with Gasteiger partial charge in [0.25, 0.3) is 0 Å². The zero-order valence-electron chi connectivity index (χ0n) is 11.1. The number of aliphatic carboxylic acids is 1. The van der Waals surface area contributed by atoms with Crippen molar-refractivity contribution in [1.29, 1.82) is 0 Å². The van der Waals surface area contributed by atoms with Crippen molar-refractivity contribution in [2.24, 2.45) is 5.41 Å². The van der Waals surface area contributed by atoms with Crippen LogP contribution in [0.4, 0.5) is 0 Å². The molecule has 1 heterocycles. The Bertz CT molecular complexity index is 235. The topological polar surface area (TPSA) is 49.8 Å². The number of carboxylic acids is 1. The van der Waals surface area contributed by atoms with Crippen LogP contribution in [0.25, 0.3) is 0 Å². The lowest BCUT2D eigenvalue weighted by Gasteiger charge is -2.38. The van der Waals surface area contributed by atoms with E-state index in [1.54, 1.807) is 7.11 Å². The van der Waals surface area contributed by atoms with Crippen molar-refractivity contribution >= 4 is 5.97 Å². The van der Waals surface area contributed by atoms with Gasteiger partial charge in [-0.25, -0.2) is 0 Å². The molecule has 0 aromatic rings. The van der Waals surface area contributed by atoms with E-state index in [4.69, 9.17) is 4.74 Å². The highest BCUT2D eigenvalue weighted by Crippen LogP contribution is 2.35. The monoisotopic (exact) mass is 243 g/mol. The Morgan fingerprint density at radius 1 is 1.35 bits per heavy atom. The molecular weight excluding hydrogens is 218 g/mol. The largest absolute Gasteiger partial charge is 0.481 e. The van der Waals surface area contributed by atoms with E-state index >= 15 is 0 Å². The summed E-state index contributed by atoms with van der Waals surface area (Å²) in [6.07, 6.45) is 4.57. The predicted octanol–water partition coefficient (Wildman–Crippen LogP) is 1.99. The molecule has 0 radical (unpaired) electrons. The minimum Gasteiger partial charge on any atom is -0.481 e. The quantitative estimate of drug-likeness (QED) is 0.695. The van der Waals surface area contributed by atoms with Crippen LogP contribution < -0.4 is 0 Å². The lowest BCUT2D eigenvalue weighted by atomic mass is 9.76. The molecule has 0 aliphatic carbocycles. The van der Waals surface area contributed by atoms with E-state index in [0.717, 1.165) is 58.3 Å². The smallest absolute Gasteiger partial charge is 0.309 e. The van der Waals surface area contributed by atoms with Crippen molar-refractivity contribution in [1.82, 2.24) is 4.90 Å². The van der Waals surface area contributed by atoms with Gasteiger partial charge in [-0.3, -0.25) is 4.79 Å². The summed E-state index contributed by atoms with van der Waals surface area (Å²) in [5.74, 6) is -0.612. The van der Waals surface area contributed by atoms with E-state index in [1.165, 1.54) is 0 Å². The van der Waals surface area contributed by atoms with Crippen LogP contribution in [0.5, 0.6) is 0 Å². The summed E-state index contributed by atoms with van der Waals surface area (Å²) in [4.78, 5) is 13.7. The number of piperidine rings is 1. The van der Waals surface area contributed by atoms with E-state index in [9.17, 15) is 9.90 Å². The van der Waals surface area contributed by atoms with E-state index in [1.807, 2.05) is 6.92 Å². The zero-order chi connectivity index (χ0) is 12.7. The van der Waals surface area contributed by atoms with Crippen LogP contribution in [-0.2, 0) is 9.53 Å². The fourth-order valence-electron chi connectivity index (χ4n) is 2.51. The first-order valence-electron chi connectivity index (χ1n) is 6.59. The van der Waals surface area contributed by atoms with E-state index < -0.39 is 11.4 Å². The van der Waals surface area contributed by atoms with Crippen molar-refractivity contribution in [2.45, 2.75) is 39.0 Å². The Morgan fingerprint density at radius 2 is 2.00 bits per heavy atom. The van der Waals surface area contributed by atoms with Gasteiger partial charge in [-0.05, 0) is 51.7 Å². The summed E-state index contributed by atoms with van der Waals surface area (Å²) in [5.41, 5.74) is -0.455. The van der Waals surface area contributed by atoms with E-state index in [-0.39, 0.29) is 0 Å². The maximum Gasteiger partial charge on any atom is 0.309 e. The Morgan fingerprint density at radius 3 is 2.47 bits per heavy atom. The average Bonchev–Trinajstić information content (AvgIpc) is 2.35. The first-order chi connectivity index (χ1) is 8.14. The number of hydrogen-bond donors (Lipinski definition) is 1. The second kappa shape index (κ2) is 6.97. The molecule has 0 saturated carbocycles. The average molecular weight is 243 g/mol. The van der Waals surface area contributed by atoms with E-state index in [0.29, 0.717) is 0 Å². The molecule has 0 aromatic heterocycles. The summed E-state index contributed by atoms with van der Waals surface area (Å²) < 4.78 is 5.02. The number of carbonyl (C=O) groups is 1. The molecule has 1 saturated heterocycles. The number of nitrogens with zero attached hydrogens (tertiary/aromatic N) is 1. The highest BCUT2D eigenvalue weighted by Gasteiger charge is 2.39. The number of ether oxygens (including phenoxy) is 1.